The minimum atomic E-state index is -0.182. The third-order valence-electron chi connectivity index (χ3n) is 1.79. The number of carbonyl (C=O) groups is 1. The van der Waals surface area contributed by atoms with Gasteiger partial charge in [-0.1, -0.05) is 23.2 Å². The third kappa shape index (κ3) is 3.56. The van der Waals surface area contributed by atoms with Crippen molar-refractivity contribution in [1.29, 1.82) is 0 Å². The quantitative estimate of drug-likeness (QED) is 0.820. The Morgan fingerprint density at radius 1 is 1.38 bits per heavy atom. The second kappa shape index (κ2) is 5.39. The molecule has 1 aromatic carbocycles. The Hall–Kier alpha value is -0.970. The molecule has 0 bridgehead atoms. The summed E-state index contributed by atoms with van der Waals surface area (Å²) in [7, 11) is 3.59. The summed E-state index contributed by atoms with van der Waals surface area (Å²) in [6, 6.07) is 3.08. The minimum absolute atomic E-state index is 0.182. The zero-order chi connectivity index (χ0) is 12.3. The summed E-state index contributed by atoms with van der Waals surface area (Å²) < 4.78 is 0. The summed E-state index contributed by atoms with van der Waals surface area (Å²) in [5, 5.41) is 3.30. The smallest absolute Gasteiger partial charge is 0.238 e. The maximum absolute atomic E-state index is 11.5. The lowest BCUT2D eigenvalue weighted by molar-refractivity contribution is -0.116. The Kier molecular flexibility index (Phi) is 4.41. The molecular formula is C10H13Cl2N3O. The van der Waals surface area contributed by atoms with E-state index in [2.05, 4.69) is 5.32 Å². The number of halogens is 2. The lowest BCUT2D eigenvalue weighted by Gasteiger charge is -2.12. The number of carbonyl (C=O) groups excluding carboxylic acids is 1. The summed E-state index contributed by atoms with van der Waals surface area (Å²) in [5.74, 6) is -0.182. The fourth-order valence-electron chi connectivity index (χ4n) is 1.18. The molecule has 16 heavy (non-hydrogen) atoms. The molecule has 3 N–H and O–H groups in total. The van der Waals surface area contributed by atoms with Crippen molar-refractivity contribution >= 4 is 40.5 Å². The molecule has 0 unspecified atom stereocenters. The SMILES string of the molecule is CN(C)CC(=O)Nc1c(Cl)cc(N)cc1Cl. The second-order valence-corrected chi connectivity index (χ2v) is 4.46. The molecule has 0 heterocycles. The molecule has 0 aliphatic heterocycles. The van der Waals surface area contributed by atoms with Gasteiger partial charge >= 0.3 is 0 Å². The second-order valence-electron chi connectivity index (χ2n) is 3.65. The van der Waals surface area contributed by atoms with Crippen LogP contribution in [-0.2, 0) is 4.79 Å². The molecule has 0 aliphatic carbocycles. The van der Waals surface area contributed by atoms with Gasteiger partial charge in [-0.05, 0) is 26.2 Å². The summed E-state index contributed by atoms with van der Waals surface area (Å²) in [6.45, 7) is 0.261. The first-order chi connectivity index (χ1) is 7.40. The van der Waals surface area contributed by atoms with Crippen LogP contribution in [0.4, 0.5) is 11.4 Å². The van der Waals surface area contributed by atoms with Gasteiger partial charge in [-0.25, -0.2) is 0 Å². The molecule has 88 valence electrons. The van der Waals surface area contributed by atoms with E-state index in [4.69, 9.17) is 28.9 Å². The van der Waals surface area contributed by atoms with Gasteiger partial charge in [0.15, 0.2) is 0 Å². The largest absolute Gasteiger partial charge is 0.399 e. The predicted octanol–water partition coefficient (Wildman–Crippen LogP) is 2.08. The molecule has 0 aromatic heterocycles. The van der Waals surface area contributed by atoms with Gasteiger partial charge in [-0.15, -0.1) is 0 Å². The molecule has 0 spiro atoms. The highest BCUT2D eigenvalue weighted by Gasteiger charge is 2.11. The lowest BCUT2D eigenvalue weighted by atomic mass is 10.2. The Labute approximate surface area is 104 Å². The zero-order valence-electron chi connectivity index (χ0n) is 9.05. The lowest BCUT2D eigenvalue weighted by Crippen LogP contribution is -2.27. The number of hydrogen-bond donors (Lipinski definition) is 2. The summed E-state index contributed by atoms with van der Waals surface area (Å²) >= 11 is 11.8. The van der Waals surface area contributed by atoms with E-state index in [1.165, 1.54) is 0 Å². The molecule has 0 aliphatic rings. The number of benzene rings is 1. The Morgan fingerprint density at radius 3 is 2.31 bits per heavy atom. The predicted molar refractivity (Wildman–Crippen MR) is 68.1 cm³/mol. The van der Waals surface area contributed by atoms with Crippen molar-refractivity contribution in [1.82, 2.24) is 4.90 Å². The van der Waals surface area contributed by atoms with E-state index in [0.29, 0.717) is 21.4 Å². The zero-order valence-corrected chi connectivity index (χ0v) is 10.6. The maximum Gasteiger partial charge on any atom is 0.238 e. The van der Waals surface area contributed by atoms with E-state index in [9.17, 15) is 4.79 Å². The number of amides is 1. The van der Waals surface area contributed by atoms with Gasteiger partial charge in [-0.2, -0.15) is 0 Å². The molecule has 0 fully saturated rings. The fourth-order valence-corrected chi connectivity index (χ4v) is 1.78. The van der Waals surface area contributed by atoms with E-state index < -0.39 is 0 Å². The highest BCUT2D eigenvalue weighted by Crippen LogP contribution is 2.32. The van der Waals surface area contributed by atoms with Crippen LogP contribution in [0.15, 0.2) is 12.1 Å². The van der Waals surface area contributed by atoms with E-state index in [1.54, 1.807) is 31.1 Å². The van der Waals surface area contributed by atoms with E-state index >= 15 is 0 Å². The molecule has 0 saturated heterocycles. The highest BCUT2D eigenvalue weighted by molar-refractivity contribution is 6.40. The van der Waals surface area contributed by atoms with Crippen molar-refractivity contribution < 1.29 is 4.79 Å². The topological polar surface area (TPSA) is 58.4 Å². The minimum Gasteiger partial charge on any atom is -0.399 e. The van der Waals surface area contributed by atoms with Crippen molar-refractivity contribution in [3.63, 3.8) is 0 Å². The standard InChI is InChI=1S/C10H13Cl2N3O/c1-15(2)5-9(16)14-10-7(11)3-6(13)4-8(10)12/h3-4H,5,13H2,1-2H3,(H,14,16). The molecule has 1 aromatic rings. The normalized spacial score (nSPS) is 10.6. The molecule has 0 saturated carbocycles. The van der Waals surface area contributed by atoms with Crippen molar-refractivity contribution in [3.05, 3.63) is 22.2 Å². The van der Waals surface area contributed by atoms with Crippen LogP contribution in [0.5, 0.6) is 0 Å². The first-order valence-corrected chi connectivity index (χ1v) is 5.35. The maximum atomic E-state index is 11.5. The van der Waals surface area contributed by atoms with Gasteiger partial charge in [0.25, 0.3) is 0 Å². The van der Waals surface area contributed by atoms with E-state index in [0.717, 1.165) is 0 Å². The van der Waals surface area contributed by atoms with Crippen molar-refractivity contribution in [2.45, 2.75) is 0 Å². The van der Waals surface area contributed by atoms with Crippen LogP contribution in [0.2, 0.25) is 10.0 Å². The number of nitrogen functional groups attached to an aromatic ring is 1. The van der Waals surface area contributed by atoms with Crippen molar-refractivity contribution in [2.75, 3.05) is 31.7 Å². The van der Waals surface area contributed by atoms with Crippen molar-refractivity contribution in [2.24, 2.45) is 0 Å². The number of nitrogens with two attached hydrogens (primary N) is 1. The third-order valence-corrected chi connectivity index (χ3v) is 2.38. The molecule has 4 nitrogen and oxygen atoms in total. The first kappa shape index (κ1) is 13.1. The van der Waals surface area contributed by atoms with E-state index in [1.807, 2.05) is 0 Å². The molecule has 6 heteroatoms. The molecular weight excluding hydrogens is 249 g/mol. The van der Waals surface area contributed by atoms with Crippen LogP contribution >= 0.6 is 23.2 Å². The van der Waals surface area contributed by atoms with Gasteiger partial charge < -0.3 is 16.0 Å². The monoisotopic (exact) mass is 261 g/mol. The molecule has 0 atom stereocenters. The fraction of sp³-hybridized carbons (Fsp3) is 0.300. The van der Waals surface area contributed by atoms with Crippen LogP contribution < -0.4 is 11.1 Å². The van der Waals surface area contributed by atoms with Gasteiger partial charge in [-0.3, -0.25) is 4.79 Å². The Morgan fingerprint density at radius 2 is 1.88 bits per heavy atom. The summed E-state index contributed by atoms with van der Waals surface area (Å²) in [6.07, 6.45) is 0. The Balaban J connectivity index is 2.85. The van der Waals surface area contributed by atoms with Gasteiger partial charge in [0.2, 0.25) is 5.91 Å². The van der Waals surface area contributed by atoms with Gasteiger partial charge in [0.05, 0.1) is 22.3 Å². The Bertz CT molecular complexity index is 384. The van der Waals surface area contributed by atoms with Crippen LogP contribution in [0.1, 0.15) is 0 Å². The average Bonchev–Trinajstić information content (AvgIpc) is 2.09. The number of hydrogen-bond acceptors (Lipinski definition) is 3. The number of nitrogens with zero attached hydrogens (tertiary/aromatic N) is 1. The summed E-state index contributed by atoms with van der Waals surface area (Å²) in [4.78, 5) is 13.3. The summed E-state index contributed by atoms with van der Waals surface area (Å²) in [5.41, 5.74) is 6.40. The highest BCUT2D eigenvalue weighted by atomic mass is 35.5. The van der Waals surface area contributed by atoms with Crippen LogP contribution in [-0.4, -0.2) is 31.4 Å². The van der Waals surface area contributed by atoms with Crippen LogP contribution in [0.25, 0.3) is 0 Å². The molecule has 0 radical (unpaired) electrons. The van der Waals surface area contributed by atoms with Crippen molar-refractivity contribution in [3.8, 4) is 0 Å². The number of rotatable bonds is 3. The average molecular weight is 262 g/mol. The van der Waals surface area contributed by atoms with Gasteiger partial charge in [0.1, 0.15) is 0 Å². The van der Waals surface area contributed by atoms with Crippen LogP contribution in [0.3, 0.4) is 0 Å². The molecule has 1 rings (SSSR count). The van der Waals surface area contributed by atoms with Crippen LogP contribution in [0, 0.1) is 0 Å². The first-order valence-electron chi connectivity index (χ1n) is 4.59. The molecule has 1 amide bonds. The number of nitrogens with one attached hydrogen (secondary N) is 1. The number of anilines is 2. The number of likely N-dealkylation sites (N-methyl/N-ethyl adjacent to an activating group) is 1. The van der Waals surface area contributed by atoms with E-state index in [-0.39, 0.29) is 12.5 Å². The van der Waals surface area contributed by atoms with Gasteiger partial charge in [0, 0.05) is 5.69 Å².